The Kier molecular flexibility index (Phi) is 2.63. The Bertz CT molecular complexity index is 688. The maximum absolute atomic E-state index is 5.27. The van der Waals surface area contributed by atoms with Crippen LogP contribution in [0.25, 0.3) is 22.6 Å². The van der Waals surface area contributed by atoms with Crippen molar-refractivity contribution in [2.75, 3.05) is 14.2 Å². The van der Waals surface area contributed by atoms with Crippen molar-refractivity contribution >= 4 is 11.0 Å². The zero-order valence-corrected chi connectivity index (χ0v) is 11.0. The van der Waals surface area contributed by atoms with Crippen LogP contribution in [0, 0.1) is 0 Å². The second-order valence-corrected chi connectivity index (χ2v) is 4.18. The van der Waals surface area contributed by atoms with Gasteiger partial charge in [0.1, 0.15) is 5.69 Å². The first-order chi connectivity index (χ1) is 9.21. The van der Waals surface area contributed by atoms with E-state index in [-0.39, 0.29) is 0 Å². The monoisotopic (exact) mass is 258 g/mol. The summed E-state index contributed by atoms with van der Waals surface area (Å²) < 4.78 is 12.3. The zero-order valence-electron chi connectivity index (χ0n) is 11.0. The maximum atomic E-state index is 5.27. The molecule has 0 fully saturated rings. The molecule has 0 amide bonds. The van der Waals surface area contributed by atoms with Gasteiger partial charge in [0, 0.05) is 25.4 Å². The van der Waals surface area contributed by atoms with E-state index in [1.165, 1.54) is 0 Å². The van der Waals surface area contributed by atoms with Gasteiger partial charge in [-0.1, -0.05) is 0 Å². The number of H-pyrrole nitrogens is 1. The smallest absolute Gasteiger partial charge is 0.163 e. The van der Waals surface area contributed by atoms with Crippen molar-refractivity contribution in [2.45, 2.75) is 0 Å². The summed E-state index contributed by atoms with van der Waals surface area (Å²) in [6, 6.07) is 5.62. The van der Waals surface area contributed by atoms with Gasteiger partial charge in [0.15, 0.2) is 17.3 Å². The van der Waals surface area contributed by atoms with Crippen molar-refractivity contribution in [3.05, 3.63) is 24.4 Å². The SMILES string of the molecule is COc1cc2nc(-c3ccn(C)n3)[nH]c2cc1OC. The lowest BCUT2D eigenvalue weighted by atomic mass is 10.3. The van der Waals surface area contributed by atoms with E-state index in [4.69, 9.17) is 9.47 Å². The normalized spacial score (nSPS) is 10.9. The van der Waals surface area contributed by atoms with Crippen LogP contribution in [0.5, 0.6) is 11.5 Å². The quantitative estimate of drug-likeness (QED) is 0.780. The summed E-state index contributed by atoms with van der Waals surface area (Å²) in [5.41, 5.74) is 2.51. The van der Waals surface area contributed by atoms with Crippen LogP contribution in [0.2, 0.25) is 0 Å². The lowest BCUT2D eigenvalue weighted by Gasteiger charge is -2.06. The molecule has 0 saturated carbocycles. The van der Waals surface area contributed by atoms with Crippen LogP contribution >= 0.6 is 0 Å². The average molecular weight is 258 g/mol. The van der Waals surface area contributed by atoms with E-state index in [9.17, 15) is 0 Å². The molecule has 0 radical (unpaired) electrons. The Morgan fingerprint density at radius 2 is 1.89 bits per heavy atom. The molecule has 3 rings (SSSR count). The van der Waals surface area contributed by atoms with E-state index >= 15 is 0 Å². The van der Waals surface area contributed by atoms with Crippen molar-refractivity contribution in [1.29, 1.82) is 0 Å². The molecule has 0 atom stereocenters. The Morgan fingerprint density at radius 3 is 2.53 bits per heavy atom. The summed E-state index contributed by atoms with van der Waals surface area (Å²) in [6.45, 7) is 0. The third-order valence-electron chi connectivity index (χ3n) is 2.94. The highest BCUT2D eigenvalue weighted by Crippen LogP contribution is 2.32. The molecule has 2 aromatic heterocycles. The molecule has 98 valence electrons. The van der Waals surface area contributed by atoms with Crippen LogP contribution in [0.15, 0.2) is 24.4 Å². The molecule has 0 saturated heterocycles. The van der Waals surface area contributed by atoms with E-state index in [1.54, 1.807) is 18.9 Å². The van der Waals surface area contributed by atoms with Gasteiger partial charge in [0.05, 0.1) is 25.3 Å². The first kappa shape index (κ1) is 11.6. The molecule has 6 heteroatoms. The van der Waals surface area contributed by atoms with Gasteiger partial charge in [0.2, 0.25) is 0 Å². The number of benzene rings is 1. The molecule has 0 unspecified atom stereocenters. The number of ether oxygens (including phenoxy) is 2. The van der Waals surface area contributed by atoms with E-state index < -0.39 is 0 Å². The summed E-state index contributed by atoms with van der Waals surface area (Å²) in [7, 11) is 5.09. The number of aromatic amines is 1. The van der Waals surface area contributed by atoms with Crippen LogP contribution in [0.3, 0.4) is 0 Å². The lowest BCUT2D eigenvalue weighted by Crippen LogP contribution is -1.89. The predicted octanol–water partition coefficient (Wildman–Crippen LogP) is 1.98. The van der Waals surface area contributed by atoms with Gasteiger partial charge in [-0.15, -0.1) is 0 Å². The highest BCUT2D eigenvalue weighted by Gasteiger charge is 2.12. The van der Waals surface area contributed by atoms with Gasteiger partial charge < -0.3 is 14.5 Å². The minimum Gasteiger partial charge on any atom is -0.493 e. The standard InChI is InChI=1S/C13H14N4O2/c1-17-5-4-8(16-17)13-14-9-6-11(18-2)12(19-3)7-10(9)15-13/h4-7H,1-3H3,(H,14,15). The molecule has 2 heterocycles. The molecule has 1 N–H and O–H groups in total. The first-order valence-corrected chi connectivity index (χ1v) is 5.83. The lowest BCUT2D eigenvalue weighted by molar-refractivity contribution is 0.356. The third kappa shape index (κ3) is 1.91. The third-order valence-corrected chi connectivity index (χ3v) is 2.94. The largest absolute Gasteiger partial charge is 0.493 e. The van der Waals surface area contributed by atoms with E-state index in [2.05, 4.69) is 15.1 Å². The van der Waals surface area contributed by atoms with Crippen LogP contribution < -0.4 is 9.47 Å². The summed E-state index contributed by atoms with van der Waals surface area (Å²) in [5.74, 6) is 2.06. The van der Waals surface area contributed by atoms with E-state index in [0.29, 0.717) is 11.5 Å². The molecule has 0 spiro atoms. The van der Waals surface area contributed by atoms with Gasteiger partial charge in [-0.3, -0.25) is 4.68 Å². The highest BCUT2D eigenvalue weighted by molar-refractivity contribution is 5.82. The Balaban J connectivity index is 2.15. The molecule has 0 aliphatic heterocycles. The van der Waals surface area contributed by atoms with Crippen molar-refractivity contribution in [1.82, 2.24) is 19.7 Å². The maximum Gasteiger partial charge on any atom is 0.163 e. The Labute approximate surface area is 110 Å². The number of hydrogen-bond acceptors (Lipinski definition) is 4. The number of imidazole rings is 1. The number of nitrogens with zero attached hydrogens (tertiary/aromatic N) is 3. The van der Waals surface area contributed by atoms with Crippen LogP contribution in [-0.4, -0.2) is 34.0 Å². The van der Waals surface area contributed by atoms with Crippen LogP contribution in [-0.2, 0) is 7.05 Å². The molecular weight excluding hydrogens is 244 g/mol. The van der Waals surface area contributed by atoms with Crippen molar-refractivity contribution < 1.29 is 9.47 Å². The van der Waals surface area contributed by atoms with Gasteiger partial charge in [-0.2, -0.15) is 5.10 Å². The molecule has 0 aliphatic rings. The zero-order chi connectivity index (χ0) is 13.4. The minimum absolute atomic E-state index is 0.661. The highest BCUT2D eigenvalue weighted by atomic mass is 16.5. The van der Waals surface area contributed by atoms with E-state index in [0.717, 1.165) is 22.6 Å². The van der Waals surface area contributed by atoms with Gasteiger partial charge in [0.25, 0.3) is 0 Å². The summed E-state index contributed by atoms with van der Waals surface area (Å²) >= 11 is 0. The van der Waals surface area contributed by atoms with Crippen molar-refractivity contribution in [2.24, 2.45) is 7.05 Å². The minimum atomic E-state index is 0.661. The van der Waals surface area contributed by atoms with E-state index in [1.807, 2.05) is 31.4 Å². The Hall–Kier alpha value is -2.50. The second-order valence-electron chi connectivity index (χ2n) is 4.18. The van der Waals surface area contributed by atoms with Crippen molar-refractivity contribution in [3.8, 4) is 23.0 Å². The fourth-order valence-electron chi connectivity index (χ4n) is 2.00. The predicted molar refractivity (Wildman–Crippen MR) is 71.4 cm³/mol. The summed E-state index contributed by atoms with van der Waals surface area (Å²) in [6.07, 6.45) is 1.88. The summed E-state index contributed by atoms with van der Waals surface area (Å²) in [4.78, 5) is 7.74. The molecule has 3 aromatic rings. The number of hydrogen-bond donors (Lipinski definition) is 1. The molecular formula is C13H14N4O2. The number of aryl methyl sites for hydroxylation is 1. The number of fused-ring (bicyclic) bond motifs is 1. The average Bonchev–Trinajstić information content (AvgIpc) is 3.02. The number of nitrogens with one attached hydrogen (secondary N) is 1. The Morgan fingerprint density at radius 1 is 1.16 bits per heavy atom. The van der Waals surface area contributed by atoms with Gasteiger partial charge in [-0.25, -0.2) is 4.98 Å². The molecule has 1 aromatic carbocycles. The number of methoxy groups -OCH3 is 2. The topological polar surface area (TPSA) is 65.0 Å². The number of rotatable bonds is 3. The molecule has 0 bridgehead atoms. The molecule has 6 nitrogen and oxygen atoms in total. The van der Waals surface area contributed by atoms with Crippen LogP contribution in [0.1, 0.15) is 0 Å². The van der Waals surface area contributed by atoms with Gasteiger partial charge >= 0.3 is 0 Å². The fraction of sp³-hybridized carbons (Fsp3) is 0.231. The van der Waals surface area contributed by atoms with Crippen LogP contribution in [0.4, 0.5) is 0 Å². The molecule has 0 aliphatic carbocycles. The van der Waals surface area contributed by atoms with Gasteiger partial charge in [-0.05, 0) is 6.07 Å². The fourth-order valence-corrected chi connectivity index (χ4v) is 2.00. The first-order valence-electron chi connectivity index (χ1n) is 5.83. The second kappa shape index (κ2) is 4.31. The molecule has 19 heavy (non-hydrogen) atoms. The summed E-state index contributed by atoms with van der Waals surface area (Å²) in [5, 5.41) is 4.32. The number of aromatic nitrogens is 4. The van der Waals surface area contributed by atoms with Crippen molar-refractivity contribution in [3.63, 3.8) is 0 Å².